The summed E-state index contributed by atoms with van der Waals surface area (Å²) >= 11 is 5.43. The second-order valence-corrected chi connectivity index (χ2v) is 5.19. The molecular weight excluding hydrogens is 308 g/mol. The highest BCUT2D eigenvalue weighted by atomic mass is 35.5. The molecule has 0 aliphatic rings. The molecule has 0 fully saturated rings. The summed E-state index contributed by atoms with van der Waals surface area (Å²) in [5.74, 6) is 0. The second-order valence-electron chi connectivity index (χ2n) is 4.85. The number of hydrogen-bond acceptors (Lipinski definition) is 4. The molecule has 116 valence electrons. The van der Waals surface area contributed by atoms with Gasteiger partial charge in [-0.2, -0.15) is 0 Å². The summed E-state index contributed by atoms with van der Waals surface area (Å²) in [6.45, 7) is 1.95. The fourth-order valence-corrected chi connectivity index (χ4v) is 2.19. The molecule has 0 amide bonds. The Balaban J connectivity index is 2.72. The van der Waals surface area contributed by atoms with Crippen LogP contribution >= 0.6 is 11.6 Å². The molecule has 1 aromatic heterocycles. The van der Waals surface area contributed by atoms with Gasteiger partial charge >= 0.3 is 5.69 Å². The average molecular weight is 323 g/mol. The third kappa shape index (κ3) is 3.18. The fraction of sp³-hybridized carbons (Fsp3) is 0.267. The third-order valence-electron chi connectivity index (χ3n) is 3.22. The minimum absolute atomic E-state index is 0.111. The SMILES string of the molecule is Cc1ccc(-n2c(=O)c(C(=O)Cl)cn(CCCO)c2=O)cc1. The summed E-state index contributed by atoms with van der Waals surface area (Å²) in [7, 11) is 0. The van der Waals surface area contributed by atoms with Crippen molar-refractivity contribution in [1.29, 1.82) is 0 Å². The van der Waals surface area contributed by atoms with Gasteiger partial charge in [0.15, 0.2) is 0 Å². The Morgan fingerprint density at radius 1 is 1.23 bits per heavy atom. The van der Waals surface area contributed by atoms with E-state index in [1.54, 1.807) is 24.3 Å². The normalized spacial score (nSPS) is 10.7. The first-order valence-electron chi connectivity index (χ1n) is 6.70. The number of aliphatic hydroxyl groups is 1. The van der Waals surface area contributed by atoms with Gasteiger partial charge in [-0.15, -0.1) is 0 Å². The van der Waals surface area contributed by atoms with E-state index in [0.717, 1.165) is 16.3 Å². The van der Waals surface area contributed by atoms with E-state index in [2.05, 4.69) is 0 Å². The maximum atomic E-state index is 12.4. The highest BCUT2D eigenvalue weighted by Crippen LogP contribution is 2.06. The highest BCUT2D eigenvalue weighted by molar-refractivity contribution is 6.67. The number of carbonyl (C=O) groups is 1. The number of nitrogens with zero attached hydrogens (tertiary/aromatic N) is 2. The van der Waals surface area contributed by atoms with Crippen molar-refractivity contribution >= 4 is 16.8 Å². The van der Waals surface area contributed by atoms with Crippen LogP contribution in [0.2, 0.25) is 0 Å². The zero-order valence-corrected chi connectivity index (χ0v) is 12.7. The van der Waals surface area contributed by atoms with Crippen LogP contribution in [0.4, 0.5) is 0 Å². The second kappa shape index (κ2) is 6.72. The van der Waals surface area contributed by atoms with Crippen molar-refractivity contribution in [3.8, 4) is 5.69 Å². The van der Waals surface area contributed by atoms with Crippen molar-refractivity contribution in [2.45, 2.75) is 19.9 Å². The molecule has 1 heterocycles. The van der Waals surface area contributed by atoms with Crippen LogP contribution in [0.25, 0.3) is 5.69 Å². The highest BCUT2D eigenvalue weighted by Gasteiger charge is 2.16. The first-order valence-corrected chi connectivity index (χ1v) is 7.07. The van der Waals surface area contributed by atoms with Gasteiger partial charge in [0.25, 0.3) is 10.8 Å². The smallest absolute Gasteiger partial charge is 0.335 e. The zero-order chi connectivity index (χ0) is 16.3. The number of halogens is 1. The lowest BCUT2D eigenvalue weighted by atomic mass is 10.2. The predicted molar refractivity (Wildman–Crippen MR) is 82.9 cm³/mol. The van der Waals surface area contributed by atoms with Crippen molar-refractivity contribution in [2.75, 3.05) is 6.61 Å². The minimum Gasteiger partial charge on any atom is -0.396 e. The summed E-state index contributed by atoms with van der Waals surface area (Å²) in [6.07, 6.45) is 1.46. The summed E-state index contributed by atoms with van der Waals surface area (Å²) in [4.78, 5) is 36.2. The van der Waals surface area contributed by atoms with Crippen LogP contribution in [0.1, 0.15) is 22.3 Å². The standard InChI is InChI=1S/C15H15ClN2O4/c1-10-3-5-11(6-4-10)18-14(21)12(13(16)20)9-17(15(18)22)7-2-8-19/h3-6,9,19H,2,7-8H2,1H3. The van der Waals surface area contributed by atoms with Gasteiger partial charge in [-0.3, -0.25) is 14.2 Å². The molecule has 2 aromatic rings. The Morgan fingerprint density at radius 2 is 1.86 bits per heavy atom. The number of aliphatic hydroxyl groups excluding tert-OH is 1. The predicted octanol–water partition coefficient (Wildman–Crippen LogP) is 1.07. The molecule has 0 spiro atoms. The van der Waals surface area contributed by atoms with Crippen LogP contribution < -0.4 is 11.2 Å². The lowest BCUT2D eigenvalue weighted by molar-refractivity contribution is 0.107. The minimum atomic E-state index is -0.927. The molecule has 0 bridgehead atoms. The van der Waals surface area contributed by atoms with Crippen LogP contribution in [-0.4, -0.2) is 26.1 Å². The average Bonchev–Trinajstić information content (AvgIpc) is 2.48. The number of aryl methyl sites for hydroxylation is 2. The van der Waals surface area contributed by atoms with Crippen molar-refractivity contribution in [1.82, 2.24) is 9.13 Å². The summed E-state index contributed by atoms with van der Waals surface area (Å²) < 4.78 is 2.11. The van der Waals surface area contributed by atoms with Crippen LogP contribution in [0.15, 0.2) is 40.1 Å². The van der Waals surface area contributed by atoms with E-state index in [4.69, 9.17) is 16.7 Å². The lowest BCUT2D eigenvalue weighted by Crippen LogP contribution is -2.41. The number of benzene rings is 1. The number of hydrogen-bond donors (Lipinski definition) is 1. The number of aromatic nitrogens is 2. The summed E-state index contributed by atoms with van der Waals surface area (Å²) in [5, 5.41) is 7.96. The molecule has 0 unspecified atom stereocenters. The summed E-state index contributed by atoms with van der Waals surface area (Å²) in [6, 6.07) is 6.76. The van der Waals surface area contributed by atoms with Gasteiger partial charge in [-0.05, 0) is 37.1 Å². The third-order valence-corrected chi connectivity index (χ3v) is 3.42. The van der Waals surface area contributed by atoms with Crippen molar-refractivity contribution in [3.05, 3.63) is 62.4 Å². The molecule has 0 aliphatic heterocycles. The Labute approximate surface area is 131 Å². The molecular formula is C15H15ClN2O4. The van der Waals surface area contributed by atoms with Crippen LogP contribution in [0, 0.1) is 6.92 Å². The van der Waals surface area contributed by atoms with Crippen molar-refractivity contribution < 1.29 is 9.90 Å². The van der Waals surface area contributed by atoms with Gasteiger partial charge in [0.2, 0.25) is 0 Å². The molecule has 1 N–H and O–H groups in total. The van der Waals surface area contributed by atoms with Crippen LogP contribution in [0.3, 0.4) is 0 Å². The maximum absolute atomic E-state index is 12.4. The monoisotopic (exact) mass is 322 g/mol. The van der Waals surface area contributed by atoms with Crippen LogP contribution in [-0.2, 0) is 6.54 Å². The molecule has 0 saturated heterocycles. The molecule has 7 heteroatoms. The zero-order valence-electron chi connectivity index (χ0n) is 12.0. The molecule has 6 nitrogen and oxygen atoms in total. The van der Waals surface area contributed by atoms with Crippen molar-refractivity contribution in [2.24, 2.45) is 0 Å². The van der Waals surface area contributed by atoms with E-state index in [1.807, 2.05) is 6.92 Å². The quantitative estimate of drug-likeness (QED) is 0.835. The Morgan fingerprint density at radius 3 is 2.41 bits per heavy atom. The molecule has 22 heavy (non-hydrogen) atoms. The van der Waals surface area contributed by atoms with E-state index in [0.29, 0.717) is 12.1 Å². The Hall–Kier alpha value is -2.18. The lowest BCUT2D eigenvalue weighted by Gasteiger charge is -2.11. The molecule has 1 aromatic carbocycles. The first-order chi connectivity index (χ1) is 10.5. The summed E-state index contributed by atoms with van der Waals surface area (Å²) in [5.41, 5.74) is -0.280. The van der Waals surface area contributed by atoms with E-state index < -0.39 is 16.5 Å². The number of carbonyl (C=O) groups excluding carboxylic acids is 1. The largest absolute Gasteiger partial charge is 0.396 e. The Bertz CT molecular complexity index is 806. The topological polar surface area (TPSA) is 81.3 Å². The van der Waals surface area contributed by atoms with E-state index in [1.165, 1.54) is 4.57 Å². The van der Waals surface area contributed by atoms with Crippen molar-refractivity contribution in [3.63, 3.8) is 0 Å². The van der Waals surface area contributed by atoms with E-state index in [-0.39, 0.29) is 18.7 Å². The van der Waals surface area contributed by atoms with Crippen LogP contribution in [0.5, 0.6) is 0 Å². The van der Waals surface area contributed by atoms with Gasteiger partial charge in [0, 0.05) is 19.3 Å². The molecule has 0 saturated carbocycles. The van der Waals surface area contributed by atoms with Gasteiger partial charge in [-0.25, -0.2) is 9.36 Å². The van der Waals surface area contributed by atoms with E-state index >= 15 is 0 Å². The fourth-order valence-electron chi connectivity index (χ4n) is 2.06. The van der Waals surface area contributed by atoms with E-state index in [9.17, 15) is 14.4 Å². The maximum Gasteiger partial charge on any atom is 0.335 e. The molecule has 0 atom stereocenters. The molecule has 2 rings (SSSR count). The van der Waals surface area contributed by atoms with Gasteiger partial charge in [0.05, 0.1) is 5.69 Å². The first kappa shape index (κ1) is 16.2. The number of rotatable bonds is 5. The van der Waals surface area contributed by atoms with Gasteiger partial charge in [0.1, 0.15) is 5.56 Å². The van der Waals surface area contributed by atoms with Gasteiger partial charge in [-0.1, -0.05) is 17.7 Å². The van der Waals surface area contributed by atoms with Gasteiger partial charge < -0.3 is 5.11 Å². The Kier molecular flexibility index (Phi) is 4.95. The molecule has 0 aliphatic carbocycles. The molecule has 0 radical (unpaired) electrons.